The molecule has 1 amide bonds. The van der Waals surface area contributed by atoms with E-state index in [9.17, 15) is 20.1 Å². The van der Waals surface area contributed by atoms with E-state index in [0.29, 0.717) is 6.42 Å². The number of hydrogen-bond donors (Lipinski definition) is 4. The molecule has 2 rings (SSSR count). The van der Waals surface area contributed by atoms with Crippen LogP contribution in [0.1, 0.15) is 67.9 Å². The summed E-state index contributed by atoms with van der Waals surface area (Å²) in [7, 11) is 0. The molecule has 5 N–H and O–H groups in total. The molecule has 0 spiro atoms. The lowest BCUT2D eigenvalue weighted by Gasteiger charge is -2.17. The second kappa shape index (κ2) is 9.69. The molecular formula is C18H27N3O5. The van der Waals surface area contributed by atoms with E-state index in [-0.39, 0.29) is 11.4 Å². The summed E-state index contributed by atoms with van der Waals surface area (Å²) in [5, 5.41) is 29.3. The number of aromatic nitrogens is 2. The molecule has 1 saturated heterocycles. The third-order valence-corrected chi connectivity index (χ3v) is 4.43. The Kier molecular flexibility index (Phi) is 7.60. The molecule has 0 bridgehead atoms. The predicted molar refractivity (Wildman–Crippen MR) is 94.0 cm³/mol. The number of ether oxygens (including phenoxy) is 1. The maximum absolute atomic E-state index is 11.6. The molecule has 1 aromatic heterocycles. The highest BCUT2D eigenvalue weighted by atomic mass is 16.6. The van der Waals surface area contributed by atoms with Crippen molar-refractivity contribution in [1.29, 1.82) is 0 Å². The standard InChI is InChI=1S/C18H27N3O5/c1-2-3-4-5-6-7-8-9-12-14(17(19)25)20-11-21(12)18-16(24)15(23)13(10-22)26-18/h11,13,15-16,18,22-24H,2-7,10H2,1H3,(H2,19,25)/t13-,15-,16-,18?/m1/s1. The fourth-order valence-electron chi connectivity index (χ4n) is 2.93. The Morgan fingerprint density at radius 1 is 1.31 bits per heavy atom. The van der Waals surface area contributed by atoms with E-state index in [1.54, 1.807) is 0 Å². The van der Waals surface area contributed by atoms with Gasteiger partial charge in [-0.3, -0.25) is 9.36 Å². The molecular weight excluding hydrogens is 338 g/mol. The Bertz CT molecular complexity index is 664. The van der Waals surface area contributed by atoms with Gasteiger partial charge in [-0.15, -0.1) is 0 Å². The Balaban J connectivity index is 2.15. The molecule has 1 aromatic rings. The summed E-state index contributed by atoms with van der Waals surface area (Å²) < 4.78 is 6.86. The normalized spacial score (nSPS) is 25.1. The quantitative estimate of drug-likeness (QED) is 0.387. The van der Waals surface area contributed by atoms with Crippen molar-refractivity contribution in [2.75, 3.05) is 6.61 Å². The smallest absolute Gasteiger partial charge is 0.270 e. The first kappa shape index (κ1) is 20.4. The summed E-state index contributed by atoms with van der Waals surface area (Å²) in [5.74, 6) is 5.17. The van der Waals surface area contributed by atoms with Crippen LogP contribution in [-0.2, 0) is 4.74 Å². The molecule has 8 nitrogen and oxygen atoms in total. The number of aliphatic hydroxyl groups is 3. The minimum atomic E-state index is -1.28. The van der Waals surface area contributed by atoms with Crippen molar-refractivity contribution in [3.63, 3.8) is 0 Å². The van der Waals surface area contributed by atoms with E-state index in [1.807, 2.05) is 0 Å². The Hall–Kier alpha value is -1.92. The molecule has 0 aliphatic carbocycles. The molecule has 2 heterocycles. The molecule has 8 heteroatoms. The number of primary amides is 1. The summed E-state index contributed by atoms with van der Waals surface area (Å²) in [6, 6.07) is 0. The van der Waals surface area contributed by atoms with Crippen molar-refractivity contribution in [3.8, 4) is 11.8 Å². The maximum atomic E-state index is 11.6. The molecule has 4 atom stereocenters. The maximum Gasteiger partial charge on any atom is 0.270 e. The van der Waals surface area contributed by atoms with Gasteiger partial charge in [0, 0.05) is 6.42 Å². The van der Waals surface area contributed by atoms with Gasteiger partial charge >= 0.3 is 0 Å². The lowest BCUT2D eigenvalue weighted by atomic mass is 10.1. The van der Waals surface area contributed by atoms with E-state index in [0.717, 1.165) is 12.8 Å². The van der Waals surface area contributed by atoms with Crippen LogP contribution in [0.5, 0.6) is 0 Å². The number of carbonyl (C=O) groups is 1. The molecule has 0 saturated carbocycles. The van der Waals surface area contributed by atoms with Gasteiger partial charge < -0.3 is 25.8 Å². The van der Waals surface area contributed by atoms with Crippen LogP contribution in [0, 0.1) is 11.8 Å². The summed E-state index contributed by atoms with van der Waals surface area (Å²) in [5.41, 5.74) is 5.58. The largest absolute Gasteiger partial charge is 0.394 e. The number of hydrogen-bond acceptors (Lipinski definition) is 6. The van der Waals surface area contributed by atoms with Crippen molar-refractivity contribution in [3.05, 3.63) is 17.7 Å². The van der Waals surface area contributed by atoms with E-state index in [2.05, 4.69) is 23.7 Å². The van der Waals surface area contributed by atoms with Crippen LogP contribution < -0.4 is 5.73 Å². The minimum Gasteiger partial charge on any atom is -0.394 e. The minimum absolute atomic E-state index is 0.0128. The summed E-state index contributed by atoms with van der Waals surface area (Å²) in [4.78, 5) is 15.6. The van der Waals surface area contributed by atoms with Crippen LogP contribution in [0.4, 0.5) is 0 Å². The number of nitrogens with two attached hydrogens (primary N) is 1. The van der Waals surface area contributed by atoms with Crippen LogP contribution in [0.15, 0.2) is 6.33 Å². The number of unbranched alkanes of at least 4 members (excludes halogenated alkanes) is 5. The number of rotatable bonds is 8. The van der Waals surface area contributed by atoms with Gasteiger partial charge in [-0.05, 0) is 12.3 Å². The van der Waals surface area contributed by atoms with Crippen LogP contribution in [0.25, 0.3) is 0 Å². The van der Waals surface area contributed by atoms with Gasteiger partial charge in [-0.2, -0.15) is 0 Å². The highest BCUT2D eigenvalue weighted by Gasteiger charge is 2.44. The summed E-state index contributed by atoms with van der Waals surface area (Å²) in [6.07, 6.45) is 3.13. The average molecular weight is 365 g/mol. The topological polar surface area (TPSA) is 131 Å². The number of amides is 1. The highest BCUT2D eigenvalue weighted by molar-refractivity contribution is 5.93. The van der Waals surface area contributed by atoms with Crippen LogP contribution in [0.3, 0.4) is 0 Å². The Labute approximate surface area is 153 Å². The predicted octanol–water partition coefficient (Wildman–Crippen LogP) is 0.306. The molecule has 1 aliphatic rings. The molecule has 1 fully saturated rings. The zero-order valence-corrected chi connectivity index (χ0v) is 15.0. The second-order valence-corrected chi connectivity index (χ2v) is 6.41. The molecule has 0 radical (unpaired) electrons. The molecule has 1 aliphatic heterocycles. The van der Waals surface area contributed by atoms with Crippen molar-refractivity contribution in [2.24, 2.45) is 5.73 Å². The fourth-order valence-corrected chi connectivity index (χ4v) is 2.93. The highest BCUT2D eigenvalue weighted by Crippen LogP contribution is 2.30. The zero-order chi connectivity index (χ0) is 19.1. The van der Waals surface area contributed by atoms with Crippen molar-refractivity contribution >= 4 is 5.91 Å². The Morgan fingerprint density at radius 2 is 2.04 bits per heavy atom. The van der Waals surface area contributed by atoms with Crippen molar-refractivity contribution in [2.45, 2.75) is 70.0 Å². The lowest BCUT2D eigenvalue weighted by Crippen LogP contribution is -2.33. The first-order valence-corrected chi connectivity index (χ1v) is 8.99. The van der Waals surface area contributed by atoms with Gasteiger partial charge in [-0.1, -0.05) is 38.5 Å². The van der Waals surface area contributed by atoms with E-state index < -0.39 is 37.1 Å². The number of imidazole rings is 1. The van der Waals surface area contributed by atoms with Gasteiger partial charge in [0.1, 0.15) is 24.0 Å². The molecule has 26 heavy (non-hydrogen) atoms. The summed E-state index contributed by atoms with van der Waals surface area (Å²) in [6.45, 7) is 1.72. The van der Waals surface area contributed by atoms with Gasteiger partial charge in [0.2, 0.25) is 0 Å². The van der Waals surface area contributed by atoms with E-state index in [1.165, 1.54) is 30.2 Å². The van der Waals surface area contributed by atoms with E-state index in [4.69, 9.17) is 10.5 Å². The third-order valence-electron chi connectivity index (χ3n) is 4.43. The van der Waals surface area contributed by atoms with E-state index >= 15 is 0 Å². The lowest BCUT2D eigenvalue weighted by molar-refractivity contribution is -0.0531. The molecule has 144 valence electrons. The summed E-state index contributed by atoms with van der Waals surface area (Å²) >= 11 is 0. The number of aliphatic hydroxyl groups excluding tert-OH is 3. The zero-order valence-electron chi connectivity index (χ0n) is 15.0. The van der Waals surface area contributed by atoms with Crippen molar-refractivity contribution in [1.82, 2.24) is 9.55 Å². The van der Waals surface area contributed by atoms with Crippen molar-refractivity contribution < 1.29 is 24.9 Å². The number of nitrogens with zero attached hydrogens (tertiary/aromatic N) is 2. The second-order valence-electron chi connectivity index (χ2n) is 6.41. The van der Waals surface area contributed by atoms with Gasteiger partial charge in [0.25, 0.3) is 5.91 Å². The first-order chi connectivity index (χ1) is 12.5. The Morgan fingerprint density at radius 3 is 2.65 bits per heavy atom. The third kappa shape index (κ3) is 4.62. The average Bonchev–Trinajstić information content (AvgIpc) is 3.16. The fraction of sp³-hybridized carbons (Fsp3) is 0.667. The van der Waals surface area contributed by atoms with Crippen LogP contribution in [0.2, 0.25) is 0 Å². The monoisotopic (exact) mass is 365 g/mol. The number of carbonyl (C=O) groups excluding carboxylic acids is 1. The van der Waals surface area contributed by atoms with Crippen LogP contribution >= 0.6 is 0 Å². The van der Waals surface area contributed by atoms with Gasteiger partial charge in [0.15, 0.2) is 11.9 Å². The molecule has 0 aromatic carbocycles. The molecule has 1 unspecified atom stereocenters. The SMILES string of the molecule is CCCCCCCC#Cc1c(C(N)=O)ncn1C1O[C@H](CO)[C@@H](O)[C@H]1O. The van der Waals surface area contributed by atoms with Crippen LogP contribution in [-0.4, -0.2) is 55.7 Å². The van der Waals surface area contributed by atoms with Gasteiger partial charge in [-0.25, -0.2) is 4.98 Å². The van der Waals surface area contributed by atoms with Gasteiger partial charge in [0.05, 0.1) is 12.9 Å². The first-order valence-electron chi connectivity index (χ1n) is 8.99.